The number of quaternary nitrogens is 1. The van der Waals surface area contributed by atoms with Crippen LogP contribution in [0.1, 0.15) is 5.56 Å². The Morgan fingerprint density at radius 1 is 1.11 bits per heavy atom. The number of fused-ring (bicyclic) bond motifs is 1. The third-order valence-corrected chi connectivity index (χ3v) is 5.94. The van der Waals surface area contributed by atoms with Crippen LogP contribution in [0.4, 0.5) is 24.7 Å². The van der Waals surface area contributed by atoms with Crippen molar-refractivity contribution in [3.63, 3.8) is 0 Å². The van der Waals surface area contributed by atoms with E-state index < -0.39 is 27.8 Å². The van der Waals surface area contributed by atoms with E-state index in [1.807, 2.05) is 0 Å². The highest BCUT2D eigenvalue weighted by atomic mass is 35.5. The molecule has 0 amide bonds. The van der Waals surface area contributed by atoms with Crippen LogP contribution in [0.5, 0.6) is 11.5 Å². The average molecular weight is 556 g/mol. The molecule has 38 heavy (non-hydrogen) atoms. The van der Waals surface area contributed by atoms with Gasteiger partial charge in [-0.15, -0.1) is 18.2 Å². The van der Waals surface area contributed by atoms with E-state index in [4.69, 9.17) is 26.2 Å². The third-order valence-electron chi connectivity index (χ3n) is 5.71. The largest absolute Gasteiger partial charge is 0.573 e. The fourth-order valence-corrected chi connectivity index (χ4v) is 4.32. The number of aliphatic imine (C=N–C) groups is 1. The average Bonchev–Trinajstić information content (AvgIpc) is 3.13. The summed E-state index contributed by atoms with van der Waals surface area (Å²) in [6, 6.07) is 11.6. The Kier molecular flexibility index (Phi) is 7.92. The lowest BCUT2D eigenvalue weighted by Gasteiger charge is -2.32. The highest BCUT2D eigenvalue weighted by Crippen LogP contribution is 2.39. The number of aliphatic hydroxyl groups is 1. The number of aromatic nitrogens is 2. The van der Waals surface area contributed by atoms with E-state index in [0.29, 0.717) is 10.6 Å². The van der Waals surface area contributed by atoms with Crippen LogP contribution in [0.2, 0.25) is 5.02 Å². The second kappa shape index (κ2) is 11.0. The molecule has 1 aliphatic rings. The minimum absolute atomic E-state index is 0.0145. The van der Waals surface area contributed by atoms with Gasteiger partial charge in [0.2, 0.25) is 5.82 Å². The van der Waals surface area contributed by atoms with E-state index in [2.05, 4.69) is 14.7 Å². The predicted molar refractivity (Wildman–Crippen MR) is 133 cm³/mol. The standard InChI is InChI=1S/C24H22ClF3N4O6/c1-31-20-19(21(34)30-22(31)35)32(8-10-36-11-9-33,14-15-4-2-5-16(25)12-15)23(29-20)37-17-6-3-7-18(13-17)38-24(26,27)28/h2-7,12-13,33H,8-11,14H2,1H3/p+1. The molecule has 2 N–H and O–H groups in total. The number of alkyl halides is 3. The molecule has 0 radical (unpaired) electrons. The summed E-state index contributed by atoms with van der Waals surface area (Å²) in [6.45, 7) is -0.0586. The Hall–Kier alpha value is -3.65. The third kappa shape index (κ3) is 5.91. The Labute approximate surface area is 218 Å². The maximum absolute atomic E-state index is 13.2. The van der Waals surface area contributed by atoms with Crippen molar-refractivity contribution in [2.45, 2.75) is 12.9 Å². The zero-order valence-electron chi connectivity index (χ0n) is 20.0. The molecule has 0 saturated heterocycles. The van der Waals surface area contributed by atoms with Crippen LogP contribution in [-0.4, -0.2) is 53.4 Å². The number of aliphatic hydroxyl groups excluding tert-OH is 1. The van der Waals surface area contributed by atoms with Crippen LogP contribution in [0.3, 0.4) is 0 Å². The maximum atomic E-state index is 13.2. The van der Waals surface area contributed by atoms with E-state index in [1.54, 1.807) is 24.3 Å². The first-order valence-electron chi connectivity index (χ1n) is 11.3. The van der Waals surface area contributed by atoms with Gasteiger partial charge < -0.3 is 19.3 Å². The van der Waals surface area contributed by atoms with Crippen molar-refractivity contribution in [2.75, 3.05) is 26.4 Å². The zero-order valence-corrected chi connectivity index (χ0v) is 20.8. The van der Waals surface area contributed by atoms with Gasteiger partial charge in [-0.1, -0.05) is 29.8 Å². The Morgan fingerprint density at radius 2 is 1.84 bits per heavy atom. The highest BCUT2D eigenvalue weighted by molar-refractivity contribution is 6.30. The first-order chi connectivity index (χ1) is 18.0. The number of hydrogen-bond donors (Lipinski definition) is 2. The molecule has 1 unspecified atom stereocenters. The van der Waals surface area contributed by atoms with Gasteiger partial charge in [-0.25, -0.2) is 4.79 Å². The Balaban J connectivity index is 1.85. The van der Waals surface area contributed by atoms with Crippen molar-refractivity contribution in [2.24, 2.45) is 12.0 Å². The summed E-state index contributed by atoms with van der Waals surface area (Å²) in [5, 5.41) is 9.57. The van der Waals surface area contributed by atoms with E-state index in [9.17, 15) is 22.8 Å². The molecule has 0 spiro atoms. The molecular formula is C24H23ClF3N4O6+. The summed E-state index contributed by atoms with van der Waals surface area (Å²) in [5.41, 5.74) is -0.691. The lowest BCUT2D eigenvalue weighted by molar-refractivity contribution is -0.274. The molecule has 14 heteroatoms. The van der Waals surface area contributed by atoms with E-state index >= 15 is 0 Å². The minimum Gasteiger partial charge on any atom is -0.406 e. The van der Waals surface area contributed by atoms with Gasteiger partial charge in [0.15, 0.2) is 0 Å². The number of benzene rings is 2. The summed E-state index contributed by atoms with van der Waals surface area (Å²) in [6.07, 6.45) is -4.91. The number of aromatic amines is 1. The first-order valence-corrected chi connectivity index (χ1v) is 11.7. The van der Waals surface area contributed by atoms with Gasteiger partial charge in [-0.05, 0) is 24.3 Å². The molecular weight excluding hydrogens is 533 g/mol. The molecule has 1 aromatic heterocycles. The van der Waals surface area contributed by atoms with Crippen LogP contribution in [-0.2, 0) is 18.3 Å². The zero-order chi connectivity index (χ0) is 27.5. The lowest BCUT2D eigenvalue weighted by Crippen LogP contribution is -2.58. The van der Waals surface area contributed by atoms with Crippen LogP contribution >= 0.6 is 11.6 Å². The number of nitrogens with zero attached hydrogens (tertiary/aromatic N) is 3. The SMILES string of the molecule is Cn1c2c(c(=O)[nH]c1=O)[N+](CCOCCO)(Cc1cccc(Cl)c1)C(Oc1cccc(OC(F)(F)F)c1)=N2. The minimum atomic E-state index is -4.91. The molecule has 0 fully saturated rings. The Morgan fingerprint density at radius 3 is 2.55 bits per heavy atom. The second-order valence-electron chi connectivity index (χ2n) is 8.33. The van der Waals surface area contributed by atoms with Crippen molar-refractivity contribution in [3.05, 3.63) is 80.0 Å². The van der Waals surface area contributed by atoms with Crippen molar-refractivity contribution in [1.29, 1.82) is 0 Å². The molecule has 2 heterocycles. The van der Waals surface area contributed by atoms with E-state index in [-0.39, 0.29) is 56.2 Å². The molecule has 0 bridgehead atoms. The summed E-state index contributed by atoms with van der Waals surface area (Å²) in [5.74, 6) is -0.555. The second-order valence-corrected chi connectivity index (χ2v) is 8.76. The van der Waals surface area contributed by atoms with Crippen LogP contribution in [0.15, 0.2) is 63.1 Å². The van der Waals surface area contributed by atoms with Crippen molar-refractivity contribution < 1.29 is 32.5 Å². The van der Waals surface area contributed by atoms with Gasteiger partial charge in [0.25, 0.3) is 5.69 Å². The van der Waals surface area contributed by atoms with Gasteiger partial charge in [0, 0.05) is 23.7 Å². The lowest BCUT2D eigenvalue weighted by atomic mass is 10.1. The normalized spacial score (nSPS) is 16.7. The quantitative estimate of drug-likeness (QED) is 0.309. The van der Waals surface area contributed by atoms with Crippen molar-refractivity contribution >= 4 is 29.1 Å². The van der Waals surface area contributed by atoms with Crippen LogP contribution in [0, 0.1) is 0 Å². The Bertz CT molecular complexity index is 1470. The predicted octanol–water partition coefficient (Wildman–Crippen LogP) is 3.22. The summed E-state index contributed by atoms with van der Waals surface area (Å²) in [7, 11) is 1.41. The number of amidine groups is 1. The molecule has 0 aliphatic carbocycles. The highest BCUT2D eigenvalue weighted by Gasteiger charge is 2.50. The molecule has 202 valence electrons. The summed E-state index contributed by atoms with van der Waals surface area (Å²) < 4.78 is 54.6. The van der Waals surface area contributed by atoms with Crippen LogP contribution in [0.25, 0.3) is 0 Å². The number of H-pyrrole nitrogens is 1. The summed E-state index contributed by atoms with van der Waals surface area (Å²) in [4.78, 5) is 32.3. The molecule has 2 aromatic carbocycles. The first kappa shape index (κ1) is 27.4. The molecule has 1 atom stereocenters. The molecule has 0 saturated carbocycles. The smallest absolute Gasteiger partial charge is 0.406 e. The van der Waals surface area contributed by atoms with Gasteiger partial charge in [0.1, 0.15) is 24.6 Å². The number of rotatable bonds is 9. The maximum Gasteiger partial charge on any atom is 0.573 e. The van der Waals surface area contributed by atoms with E-state index in [1.165, 1.54) is 19.2 Å². The number of halogens is 4. The fourth-order valence-electron chi connectivity index (χ4n) is 4.11. The molecule has 3 aromatic rings. The molecule has 4 rings (SSSR count). The van der Waals surface area contributed by atoms with Gasteiger partial charge in [0.05, 0.1) is 19.8 Å². The van der Waals surface area contributed by atoms with Gasteiger partial charge in [-0.2, -0.15) is 4.48 Å². The summed E-state index contributed by atoms with van der Waals surface area (Å²) >= 11 is 6.20. The van der Waals surface area contributed by atoms with Gasteiger partial charge in [-0.3, -0.25) is 14.3 Å². The van der Waals surface area contributed by atoms with Crippen molar-refractivity contribution in [3.8, 4) is 11.5 Å². The monoisotopic (exact) mass is 555 g/mol. The number of ether oxygens (including phenoxy) is 3. The van der Waals surface area contributed by atoms with Gasteiger partial charge >= 0.3 is 23.6 Å². The topological polar surface area (TPSA) is 115 Å². The molecule has 10 nitrogen and oxygen atoms in total. The van der Waals surface area contributed by atoms with Crippen molar-refractivity contribution in [1.82, 2.24) is 14.0 Å². The molecule has 1 aliphatic heterocycles. The van der Waals surface area contributed by atoms with Crippen LogP contribution < -0.4 is 25.2 Å². The number of nitrogens with one attached hydrogen (secondary N) is 1. The van der Waals surface area contributed by atoms with E-state index in [0.717, 1.165) is 16.7 Å². The fraction of sp³-hybridized carbons (Fsp3) is 0.292. The number of hydrogen-bond acceptors (Lipinski definition) is 7.